The molecular weight excluding hydrogens is 758 g/mol. The van der Waals surface area contributed by atoms with Crippen LogP contribution >= 0.6 is 0 Å². The molecule has 3 aromatic heterocycles. The van der Waals surface area contributed by atoms with E-state index in [0.717, 1.165) is 49.9 Å². The maximum atomic E-state index is 11.3. The molecule has 8 nitrogen and oxygen atoms in total. The number of nitro benzene ring substituents is 1. The number of fused-ring (bicyclic) bond motifs is 3. The molecule has 0 aliphatic carbocycles. The van der Waals surface area contributed by atoms with E-state index in [1.54, 1.807) is 23.0 Å². The smallest absolute Gasteiger partial charge is 0.509 e. The summed E-state index contributed by atoms with van der Waals surface area (Å²) in [7, 11) is 0. The average molecular weight is 787 g/mol. The Labute approximate surface area is 280 Å². The van der Waals surface area contributed by atoms with Gasteiger partial charge >= 0.3 is 21.1 Å². The van der Waals surface area contributed by atoms with Gasteiger partial charge in [0.1, 0.15) is 5.82 Å². The minimum atomic E-state index is -0.371. The van der Waals surface area contributed by atoms with Crippen molar-refractivity contribution in [1.29, 1.82) is 0 Å². The van der Waals surface area contributed by atoms with E-state index in [0.29, 0.717) is 23.1 Å². The Balaban J connectivity index is 0.00000372. The van der Waals surface area contributed by atoms with Crippen LogP contribution < -0.4 is 4.74 Å². The molecule has 9 heteroatoms. The normalized spacial score (nSPS) is 11.2. The summed E-state index contributed by atoms with van der Waals surface area (Å²) >= 11 is 0. The first-order valence-corrected chi connectivity index (χ1v) is 14.7. The Kier molecular flexibility index (Phi) is 8.32. The second-order valence-electron chi connectivity index (χ2n) is 11.4. The minimum Gasteiger partial charge on any atom is -0.509 e. The predicted molar refractivity (Wildman–Crippen MR) is 176 cm³/mol. The Morgan fingerprint density at radius 2 is 1.65 bits per heavy atom. The molecule has 0 saturated heterocycles. The summed E-state index contributed by atoms with van der Waals surface area (Å²) in [6.07, 6.45) is 5.51. The molecule has 0 fully saturated rings. The van der Waals surface area contributed by atoms with E-state index in [1.165, 1.54) is 5.56 Å². The van der Waals surface area contributed by atoms with Gasteiger partial charge in [-0.2, -0.15) is 17.2 Å². The number of pyridine rings is 1. The van der Waals surface area contributed by atoms with E-state index >= 15 is 0 Å². The van der Waals surface area contributed by atoms with Gasteiger partial charge in [0, 0.05) is 47.1 Å². The zero-order valence-electron chi connectivity index (χ0n) is 25.6. The minimum absolute atomic E-state index is 0. The number of benzene rings is 4. The van der Waals surface area contributed by atoms with Gasteiger partial charge in [-0.1, -0.05) is 37.6 Å². The first-order valence-electron chi connectivity index (χ1n) is 14.7. The van der Waals surface area contributed by atoms with Gasteiger partial charge in [-0.3, -0.25) is 14.8 Å². The van der Waals surface area contributed by atoms with Crippen molar-refractivity contribution in [2.45, 2.75) is 33.6 Å². The van der Waals surface area contributed by atoms with Crippen molar-refractivity contribution < 1.29 is 30.7 Å². The van der Waals surface area contributed by atoms with Crippen LogP contribution in [0, 0.1) is 36.1 Å². The SMILES string of the molecule is Cc1cc([N+](=O)[O-])cc(C)c1-c1cnn(-c2[c-]c(Oc3[c-]c4c(cc3)c3ccccc3n4-c3cc(C(C)C)ccn3)ccc2)c1.[Pt+2]. The maximum Gasteiger partial charge on any atom is 2.00 e. The van der Waals surface area contributed by atoms with Crippen molar-refractivity contribution in [2.24, 2.45) is 0 Å². The fourth-order valence-electron chi connectivity index (χ4n) is 5.92. The number of hydrogen-bond acceptors (Lipinski definition) is 5. The van der Waals surface area contributed by atoms with Crippen molar-refractivity contribution in [2.75, 3.05) is 0 Å². The van der Waals surface area contributed by atoms with E-state index in [4.69, 9.17) is 9.72 Å². The van der Waals surface area contributed by atoms with E-state index in [9.17, 15) is 10.1 Å². The quantitative estimate of drug-likeness (QED) is 0.0915. The number of nitrogens with zero attached hydrogens (tertiary/aromatic N) is 5. The fraction of sp³-hybridized carbons (Fsp3) is 0.135. The van der Waals surface area contributed by atoms with Crippen LogP contribution in [-0.2, 0) is 21.1 Å². The summed E-state index contributed by atoms with van der Waals surface area (Å²) < 4.78 is 10.2. The van der Waals surface area contributed by atoms with Gasteiger partial charge in [0.15, 0.2) is 0 Å². The topological polar surface area (TPSA) is 88.0 Å². The first kappa shape index (κ1) is 30.9. The van der Waals surface area contributed by atoms with Crippen LogP contribution in [0.15, 0.2) is 97.5 Å². The summed E-state index contributed by atoms with van der Waals surface area (Å²) in [6.45, 7) is 8.10. The molecule has 0 unspecified atom stereocenters. The van der Waals surface area contributed by atoms with Crippen LogP contribution in [0.5, 0.6) is 11.5 Å². The molecule has 0 radical (unpaired) electrons. The van der Waals surface area contributed by atoms with Crippen LogP contribution in [0.25, 0.3) is 44.4 Å². The third-order valence-corrected chi connectivity index (χ3v) is 8.04. The summed E-state index contributed by atoms with van der Waals surface area (Å²) in [5.41, 5.74) is 7.34. The van der Waals surface area contributed by atoms with Gasteiger partial charge in [-0.15, -0.1) is 35.7 Å². The molecule has 0 amide bonds. The number of aromatic nitrogens is 4. The zero-order valence-corrected chi connectivity index (χ0v) is 27.9. The van der Waals surface area contributed by atoms with Crippen molar-refractivity contribution in [1.82, 2.24) is 19.3 Å². The number of non-ortho nitro benzene ring substituents is 1. The Morgan fingerprint density at radius 1 is 0.891 bits per heavy atom. The van der Waals surface area contributed by atoms with E-state index in [-0.39, 0.29) is 31.7 Å². The molecule has 0 aliphatic rings. The molecule has 3 heterocycles. The first-order chi connectivity index (χ1) is 21.8. The molecule has 0 aliphatic heterocycles. The summed E-state index contributed by atoms with van der Waals surface area (Å²) in [5, 5.41) is 18.0. The van der Waals surface area contributed by atoms with Gasteiger partial charge in [-0.25, -0.2) is 4.98 Å². The Bertz CT molecular complexity index is 2230. The second-order valence-corrected chi connectivity index (χ2v) is 11.4. The van der Waals surface area contributed by atoms with Crippen molar-refractivity contribution in [3.05, 3.63) is 136 Å². The summed E-state index contributed by atoms with van der Waals surface area (Å²) in [6, 6.07) is 32.1. The van der Waals surface area contributed by atoms with Gasteiger partial charge < -0.3 is 9.30 Å². The third kappa shape index (κ3) is 5.61. The van der Waals surface area contributed by atoms with Gasteiger partial charge in [0.2, 0.25) is 0 Å². The molecule has 7 rings (SSSR count). The molecule has 0 bridgehead atoms. The molecule has 0 N–H and O–H groups in total. The van der Waals surface area contributed by atoms with Crippen molar-refractivity contribution >= 4 is 27.5 Å². The summed E-state index contributed by atoms with van der Waals surface area (Å²) in [5.74, 6) is 2.28. The van der Waals surface area contributed by atoms with Crippen LogP contribution in [0.3, 0.4) is 0 Å². The molecule has 0 spiro atoms. The molecule has 46 heavy (non-hydrogen) atoms. The standard InChI is InChI=1S/C37H29N5O3.Pt/c1-23(2)26-14-15-38-36(18-26)41-34-11-6-5-10-32(34)33-13-12-31(20-35(33)41)45-30-9-7-8-28(19-30)40-22-27(21-39-40)37-24(3)16-29(42(43)44)17-25(37)4;/h5-18,21-23H,1-4H3;/q-2;+2. The molecule has 230 valence electrons. The van der Waals surface area contributed by atoms with Crippen LogP contribution in [0.2, 0.25) is 0 Å². The van der Waals surface area contributed by atoms with Crippen molar-refractivity contribution in [3.8, 4) is 34.1 Å². The number of rotatable bonds is 7. The Hall–Kier alpha value is -5.07. The zero-order chi connectivity index (χ0) is 31.2. The number of aryl methyl sites for hydroxylation is 2. The molecular formula is C37H29N5O3Pt. The molecule has 7 aromatic rings. The van der Waals surface area contributed by atoms with Crippen LogP contribution in [-0.4, -0.2) is 24.3 Å². The van der Waals surface area contributed by atoms with E-state index < -0.39 is 0 Å². The van der Waals surface area contributed by atoms with E-state index in [1.807, 2.05) is 62.6 Å². The van der Waals surface area contributed by atoms with Gasteiger partial charge in [0.05, 0.1) is 11.1 Å². The third-order valence-electron chi connectivity index (χ3n) is 8.04. The number of hydrogen-bond donors (Lipinski definition) is 0. The largest absolute Gasteiger partial charge is 2.00 e. The van der Waals surface area contributed by atoms with Crippen LogP contribution in [0.4, 0.5) is 5.69 Å². The predicted octanol–water partition coefficient (Wildman–Crippen LogP) is 9.07. The van der Waals surface area contributed by atoms with Crippen molar-refractivity contribution in [3.63, 3.8) is 0 Å². The Morgan fingerprint density at radius 3 is 2.41 bits per heavy atom. The van der Waals surface area contributed by atoms with Gasteiger partial charge in [-0.05, 0) is 71.3 Å². The number of ether oxygens (including phenoxy) is 1. The average Bonchev–Trinajstić information content (AvgIpc) is 3.64. The fourth-order valence-corrected chi connectivity index (χ4v) is 5.92. The number of para-hydroxylation sites is 1. The summed E-state index contributed by atoms with van der Waals surface area (Å²) in [4.78, 5) is 15.6. The van der Waals surface area contributed by atoms with Crippen LogP contribution in [0.1, 0.15) is 36.5 Å². The molecule has 0 atom stereocenters. The van der Waals surface area contributed by atoms with Gasteiger partial charge in [0.25, 0.3) is 5.69 Å². The molecule has 0 saturated carbocycles. The maximum absolute atomic E-state index is 11.3. The monoisotopic (exact) mass is 786 g/mol. The second kappa shape index (κ2) is 12.4. The number of nitro groups is 1. The molecule has 4 aromatic carbocycles. The van der Waals surface area contributed by atoms with E-state index in [2.05, 4.69) is 66.0 Å².